The van der Waals surface area contributed by atoms with E-state index in [1.807, 2.05) is 6.07 Å². The summed E-state index contributed by atoms with van der Waals surface area (Å²) in [6.07, 6.45) is 2.13. The van der Waals surface area contributed by atoms with Crippen LogP contribution in [0.25, 0.3) is 0 Å². The van der Waals surface area contributed by atoms with Crippen LogP contribution in [0.5, 0.6) is 11.9 Å². The Balaban J connectivity index is 2.76. The Kier molecular flexibility index (Phi) is 7.18. The molecule has 0 amide bonds. The molecule has 0 spiro atoms. The maximum Gasteiger partial charge on any atom is 0.319 e. The summed E-state index contributed by atoms with van der Waals surface area (Å²) in [5, 5.41) is 0. The predicted molar refractivity (Wildman–Crippen MR) is 75.6 cm³/mol. The summed E-state index contributed by atoms with van der Waals surface area (Å²) in [4.78, 5) is 10.9. The van der Waals surface area contributed by atoms with Gasteiger partial charge in [-0.25, -0.2) is 0 Å². The molecule has 0 unspecified atom stereocenters. The molecule has 0 aromatic carbocycles. The molecule has 0 bridgehead atoms. The second-order valence-corrected chi connectivity index (χ2v) is 4.35. The normalized spacial score (nSPS) is 10.8. The third-order valence-electron chi connectivity index (χ3n) is 2.95. The van der Waals surface area contributed by atoms with E-state index >= 15 is 0 Å². The van der Waals surface area contributed by atoms with Crippen molar-refractivity contribution >= 4 is 0 Å². The molecular formula is C14H25N3O2. The van der Waals surface area contributed by atoms with Crippen LogP contribution in [0.15, 0.2) is 6.07 Å². The van der Waals surface area contributed by atoms with Crippen molar-refractivity contribution in [2.45, 2.75) is 40.2 Å². The fourth-order valence-electron chi connectivity index (χ4n) is 1.69. The Morgan fingerprint density at radius 2 is 1.89 bits per heavy atom. The van der Waals surface area contributed by atoms with E-state index in [0.717, 1.165) is 38.2 Å². The lowest BCUT2D eigenvalue weighted by Gasteiger charge is -2.17. The highest BCUT2D eigenvalue weighted by Gasteiger charge is 2.08. The van der Waals surface area contributed by atoms with E-state index in [0.29, 0.717) is 18.5 Å². The zero-order valence-electron chi connectivity index (χ0n) is 12.5. The lowest BCUT2D eigenvalue weighted by molar-refractivity contribution is 0.274. The van der Waals surface area contributed by atoms with Crippen molar-refractivity contribution in [1.82, 2.24) is 14.9 Å². The predicted octanol–water partition coefficient (Wildman–Crippen LogP) is 2.51. The highest BCUT2D eigenvalue weighted by Crippen LogP contribution is 2.15. The van der Waals surface area contributed by atoms with E-state index < -0.39 is 0 Å². The van der Waals surface area contributed by atoms with E-state index in [2.05, 4.69) is 35.6 Å². The Morgan fingerprint density at radius 1 is 1.16 bits per heavy atom. The number of nitrogens with zero attached hydrogens (tertiary/aromatic N) is 3. The number of unbranched alkanes of at least 4 members (excludes halogenated alkanes) is 1. The second kappa shape index (κ2) is 8.69. The maximum atomic E-state index is 5.63. The van der Waals surface area contributed by atoms with Crippen LogP contribution in [0, 0.1) is 0 Å². The molecule has 0 N–H and O–H groups in total. The minimum atomic E-state index is 0.371. The van der Waals surface area contributed by atoms with Crippen molar-refractivity contribution in [2.24, 2.45) is 0 Å². The van der Waals surface area contributed by atoms with Gasteiger partial charge in [-0.3, -0.25) is 4.90 Å². The first-order valence-electron chi connectivity index (χ1n) is 7.00. The quantitative estimate of drug-likeness (QED) is 0.643. The third-order valence-corrected chi connectivity index (χ3v) is 2.95. The van der Waals surface area contributed by atoms with Gasteiger partial charge in [-0.15, -0.1) is 0 Å². The third kappa shape index (κ3) is 5.42. The molecule has 5 nitrogen and oxygen atoms in total. The number of aromatic nitrogens is 2. The van der Waals surface area contributed by atoms with Crippen LogP contribution in [0.1, 0.15) is 39.3 Å². The molecule has 1 heterocycles. The summed E-state index contributed by atoms with van der Waals surface area (Å²) < 4.78 is 10.8. The molecule has 0 aliphatic rings. The summed E-state index contributed by atoms with van der Waals surface area (Å²) in [5.41, 5.74) is 0.932. The zero-order valence-corrected chi connectivity index (χ0v) is 12.5. The SMILES string of the molecule is CCCCOc1cc(CN(CC)CC)nc(OC)n1. The topological polar surface area (TPSA) is 47.5 Å². The summed E-state index contributed by atoms with van der Waals surface area (Å²) >= 11 is 0. The first-order chi connectivity index (χ1) is 9.23. The molecule has 5 heteroatoms. The first-order valence-corrected chi connectivity index (χ1v) is 7.00. The smallest absolute Gasteiger partial charge is 0.319 e. The molecule has 0 saturated carbocycles. The van der Waals surface area contributed by atoms with Crippen molar-refractivity contribution in [3.05, 3.63) is 11.8 Å². The van der Waals surface area contributed by atoms with Gasteiger partial charge in [0, 0.05) is 12.6 Å². The van der Waals surface area contributed by atoms with Crippen LogP contribution in [0.2, 0.25) is 0 Å². The number of rotatable bonds is 9. The van der Waals surface area contributed by atoms with Gasteiger partial charge in [0.1, 0.15) is 0 Å². The van der Waals surface area contributed by atoms with Crippen molar-refractivity contribution in [3.8, 4) is 11.9 Å². The lowest BCUT2D eigenvalue weighted by atomic mass is 10.3. The maximum absolute atomic E-state index is 5.63. The zero-order chi connectivity index (χ0) is 14.1. The van der Waals surface area contributed by atoms with Crippen LogP contribution in [0.4, 0.5) is 0 Å². The standard InChI is InChI=1S/C14H25N3O2/c1-5-8-9-19-13-10-12(11-17(6-2)7-3)15-14(16-13)18-4/h10H,5-9,11H2,1-4H3. The van der Waals surface area contributed by atoms with Crippen LogP contribution in [0.3, 0.4) is 0 Å². The fraction of sp³-hybridized carbons (Fsp3) is 0.714. The van der Waals surface area contributed by atoms with Crippen LogP contribution >= 0.6 is 0 Å². The number of hydrogen-bond acceptors (Lipinski definition) is 5. The van der Waals surface area contributed by atoms with Gasteiger partial charge in [0.05, 0.1) is 19.4 Å². The van der Waals surface area contributed by atoms with Crippen molar-refractivity contribution in [1.29, 1.82) is 0 Å². The van der Waals surface area contributed by atoms with Gasteiger partial charge in [-0.2, -0.15) is 9.97 Å². The van der Waals surface area contributed by atoms with Gasteiger partial charge in [-0.1, -0.05) is 27.2 Å². The first kappa shape index (κ1) is 15.7. The second-order valence-electron chi connectivity index (χ2n) is 4.35. The van der Waals surface area contributed by atoms with Crippen LogP contribution in [-0.4, -0.2) is 41.7 Å². The van der Waals surface area contributed by atoms with Gasteiger partial charge in [0.15, 0.2) is 0 Å². The monoisotopic (exact) mass is 267 g/mol. The molecule has 0 atom stereocenters. The van der Waals surface area contributed by atoms with E-state index in [9.17, 15) is 0 Å². The summed E-state index contributed by atoms with van der Waals surface area (Å²) in [7, 11) is 1.58. The van der Waals surface area contributed by atoms with E-state index in [4.69, 9.17) is 9.47 Å². The molecule has 0 aliphatic carbocycles. The molecule has 108 valence electrons. The Hall–Kier alpha value is -1.36. The van der Waals surface area contributed by atoms with E-state index in [-0.39, 0.29) is 0 Å². The largest absolute Gasteiger partial charge is 0.478 e. The molecule has 1 rings (SSSR count). The molecule has 19 heavy (non-hydrogen) atoms. The van der Waals surface area contributed by atoms with E-state index in [1.165, 1.54) is 0 Å². The summed E-state index contributed by atoms with van der Waals surface area (Å²) in [6.45, 7) is 9.87. The van der Waals surface area contributed by atoms with Crippen molar-refractivity contribution in [3.63, 3.8) is 0 Å². The molecule has 0 radical (unpaired) electrons. The molecule has 0 fully saturated rings. The average Bonchev–Trinajstić information content (AvgIpc) is 2.44. The van der Waals surface area contributed by atoms with Gasteiger partial charge >= 0.3 is 6.01 Å². The Bertz CT molecular complexity index is 368. The molecule has 0 saturated heterocycles. The van der Waals surface area contributed by atoms with Crippen molar-refractivity contribution in [2.75, 3.05) is 26.8 Å². The Morgan fingerprint density at radius 3 is 2.47 bits per heavy atom. The summed E-state index contributed by atoms with van der Waals surface area (Å²) in [5.74, 6) is 0.599. The number of ether oxygens (including phenoxy) is 2. The van der Waals surface area contributed by atoms with Gasteiger partial charge in [0.2, 0.25) is 5.88 Å². The number of methoxy groups -OCH3 is 1. The highest BCUT2D eigenvalue weighted by atomic mass is 16.5. The number of hydrogen-bond donors (Lipinski definition) is 0. The van der Waals surface area contributed by atoms with Gasteiger partial charge < -0.3 is 9.47 Å². The molecule has 1 aromatic rings. The minimum absolute atomic E-state index is 0.371. The molecule has 0 aliphatic heterocycles. The average molecular weight is 267 g/mol. The lowest BCUT2D eigenvalue weighted by Crippen LogP contribution is -2.23. The highest BCUT2D eigenvalue weighted by molar-refractivity contribution is 5.18. The van der Waals surface area contributed by atoms with Crippen molar-refractivity contribution < 1.29 is 9.47 Å². The molecule has 1 aromatic heterocycles. The van der Waals surface area contributed by atoms with Crippen LogP contribution < -0.4 is 9.47 Å². The van der Waals surface area contributed by atoms with Gasteiger partial charge in [0.25, 0.3) is 0 Å². The molecular weight excluding hydrogens is 242 g/mol. The fourth-order valence-corrected chi connectivity index (χ4v) is 1.69. The van der Waals surface area contributed by atoms with Gasteiger partial charge in [-0.05, 0) is 19.5 Å². The van der Waals surface area contributed by atoms with E-state index in [1.54, 1.807) is 7.11 Å². The Labute approximate surface area is 116 Å². The summed E-state index contributed by atoms with van der Waals surface area (Å²) in [6, 6.07) is 2.27. The minimum Gasteiger partial charge on any atom is -0.478 e. The van der Waals surface area contributed by atoms with Crippen LogP contribution in [-0.2, 0) is 6.54 Å².